The Hall–Kier alpha value is -2.80. The van der Waals surface area contributed by atoms with Gasteiger partial charge in [0.1, 0.15) is 17.4 Å². The van der Waals surface area contributed by atoms with Gasteiger partial charge in [0.05, 0.1) is 0 Å². The Bertz CT molecular complexity index is 944. The van der Waals surface area contributed by atoms with E-state index in [0.717, 1.165) is 36.2 Å². The number of anilines is 2. The van der Waals surface area contributed by atoms with Gasteiger partial charge < -0.3 is 15.4 Å². The average Bonchev–Trinajstić information content (AvgIpc) is 2.54. The minimum atomic E-state index is -0.928. The van der Waals surface area contributed by atoms with Crippen molar-refractivity contribution in [2.75, 3.05) is 18.4 Å². The molecule has 0 atom stereocenters. The summed E-state index contributed by atoms with van der Waals surface area (Å²) in [6.07, 6.45) is 1.81. The number of benzene rings is 2. The fourth-order valence-corrected chi connectivity index (χ4v) is 2.63. The Morgan fingerprint density at radius 3 is 2.72 bits per heavy atom. The SMILES string of the molecule is Cc1cc(OC2CNC2)c2nc(Nc3ccc(F)c(F)c3)ncc2c1. The van der Waals surface area contributed by atoms with Crippen molar-refractivity contribution in [3.63, 3.8) is 0 Å². The lowest BCUT2D eigenvalue weighted by molar-refractivity contribution is 0.144. The second-order valence-corrected chi connectivity index (χ2v) is 6.05. The van der Waals surface area contributed by atoms with Gasteiger partial charge >= 0.3 is 0 Å². The second kappa shape index (κ2) is 6.25. The predicted octanol–water partition coefficient (Wildman–Crippen LogP) is 3.31. The van der Waals surface area contributed by atoms with E-state index in [4.69, 9.17) is 4.74 Å². The summed E-state index contributed by atoms with van der Waals surface area (Å²) < 4.78 is 32.4. The van der Waals surface area contributed by atoms with Crippen molar-refractivity contribution in [3.8, 4) is 5.75 Å². The molecule has 0 aliphatic carbocycles. The van der Waals surface area contributed by atoms with Gasteiger partial charge in [-0.15, -0.1) is 0 Å². The van der Waals surface area contributed by atoms with Crippen LogP contribution >= 0.6 is 0 Å². The number of hydrogen-bond donors (Lipinski definition) is 2. The maximum Gasteiger partial charge on any atom is 0.227 e. The number of aryl methyl sites for hydroxylation is 1. The van der Waals surface area contributed by atoms with E-state index in [9.17, 15) is 8.78 Å². The molecule has 0 saturated carbocycles. The van der Waals surface area contributed by atoms with Gasteiger partial charge in [0.2, 0.25) is 5.95 Å². The monoisotopic (exact) mass is 342 g/mol. The molecule has 0 radical (unpaired) electrons. The first kappa shape index (κ1) is 15.7. The number of fused-ring (bicyclic) bond motifs is 1. The van der Waals surface area contributed by atoms with Crippen LogP contribution in [0.2, 0.25) is 0 Å². The molecule has 2 aromatic carbocycles. The van der Waals surface area contributed by atoms with Crippen LogP contribution in [-0.4, -0.2) is 29.2 Å². The van der Waals surface area contributed by atoms with E-state index in [1.807, 2.05) is 19.1 Å². The number of ether oxygens (including phenoxy) is 1. The fraction of sp³-hybridized carbons (Fsp3) is 0.222. The summed E-state index contributed by atoms with van der Waals surface area (Å²) in [5, 5.41) is 6.91. The summed E-state index contributed by atoms with van der Waals surface area (Å²) in [5.41, 5.74) is 2.10. The van der Waals surface area contributed by atoms with E-state index in [0.29, 0.717) is 22.9 Å². The van der Waals surface area contributed by atoms with E-state index >= 15 is 0 Å². The number of hydrogen-bond acceptors (Lipinski definition) is 5. The predicted molar refractivity (Wildman–Crippen MR) is 91.2 cm³/mol. The van der Waals surface area contributed by atoms with E-state index in [1.165, 1.54) is 6.07 Å². The minimum absolute atomic E-state index is 0.127. The number of halogens is 2. The summed E-state index contributed by atoms with van der Waals surface area (Å²) >= 11 is 0. The van der Waals surface area contributed by atoms with Crippen LogP contribution < -0.4 is 15.4 Å². The van der Waals surface area contributed by atoms with Crippen LogP contribution in [-0.2, 0) is 0 Å². The largest absolute Gasteiger partial charge is 0.485 e. The van der Waals surface area contributed by atoms with Gasteiger partial charge in [-0.1, -0.05) is 0 Å². The molecule has 2 N–H and O–H groups in total. The Morgan fingerprint density at radius 2 is 2.00 bits per heavy atom. The Balaban J connectivity index is 1.68. The van der Waals surface area contributed by atoms with Crippen LogP contribution in [0.3, 0.4) is 0 Å². The first-order valence-corrected chi connectivity index (χ1v) is 7.95. The molecule has 7 heteroatoms. The van der Waals surface area contributed by atoms with Crippen molar-refractivity contribution in [3.05, 3.63) is 53.7 Å². The number of nitrogens with zero attached hydrogens (tertiary/aromatic N) is 2. The molecule has 3 aromatic rings. The number of nitrogens with one attached hydrogen (secondary N) is 2. The first-order valence-electron chi connectivity index (χ1n) is 7.95. The Kier molecular flexibility index (Phi) is 3.93. The third kappa shape index (κ3) is 3.23. The molecular formula is C18H16F2N4O. The smallest absolute Gasteiger partial charge is 0.227 e. The maximum atomic E-state index is 13.4. The molecule has 128 valence electrons. The highest BCUT2D eigenvalue weighted by molar-refractivity contribution is 5.85. The zero-order chi connectivity index (χ0) is 17.4. The molecule has 2 heterocycles. The standard InChI is InChI=1S/C18H16F2N4O/c1-10-4-11-7-22-18(23-12-2-3-14(19)15(20)6-12)24-17(11)16(5-10)25-13-8-21-9-13/h2-7,13,21H,8-9H2,1H3,(H,22,23,24). The lowest BCUT2D eigenvalue weighted by atomic mass is 10.1. The second-order valence-electron chi connectivity index (χ2n) is 6.05. The normalized spacial score (nSPS) is 14.4. The van der Waals surface area contributed by atoms with Crippen molar-refractivity contribution < 1.29 is 13.5 Å². The third-order valence-electron chi connectivity index (χ3n) is 4.01. The lowest BCUT2D eigenvalue weighted by Crippen LogP contribution is -2.50. The van der Waals surface area contributed by atoms with E-state index in [-0.39, 0.29) is 6.10 Å². The highest BCUT2D eigenvalue weighted by atomic mass is 19.2. The molecule has 0 spiro atoms. The lowest BCUT2D eigenvalue weighted by Gasteiger charge is -2.28. The Morgan fingerprint density at radius 1 is 1.16 bits per heavy atom. The molecule has 4 rings (SSSR count). The van der Waals surface area contributed by atoms with Crippen molar-refractivity contribution in [2.45, 2.75) is 13.0 Å². The van der Waals surface area contributed by atoms with E-state index in [1.54, 1.807) is 6.20 Å². The quantitative estimate of drug-likeness (QED) is 0.762. The molecular weight excluding hydrogens is 326 g/mol. The molecule has 0 amide bonds. The maximum absolute atomic E-state index is 13.4. The molecule has 1 aliphatic rings. The van der Waals surface area contributed by atoms with Crippen molar-refractivity contribution >= 4 is 22.5 Å². The van der Waals surface area contributed by atoms with Crippen LogP contribution in [0.1, 0.15) is 5.56 Å². The molecule has 1 aliphatic heterocycles. The van der Waals surface area contributed by atoms with Crippen LogP contribution in [0.4, 0.5) is 20.4 Å². The first-order chi connectivity index (χ1) is 12.1. The highest BCUT2D eigenvalue weighted by Crippen LogP contribution is 2.28. The summed E-state index contributed by atoms with van der Waals surface area (Å²) in [6.45, 7) is 3.60. The van der Waals surface area contributed by atoms with Gasteiger partial charge in [-0.2, -0.15) is 0 Å². The molecule has 1 saturated heterocycles. The van der Waals surface area contributed by atoms with E-state index < -0.39 is 11.6 Å². The number of aromatic nitrogens is 2. The summed E-state index contributed by atoms with van der Waals surface area (Å²) in [4.78, 5) is 8.73. The molecule has 5 nitrogen and oxygen atoms in total. The average molecular weight is 342 g/mol. The van der Waals surface area contributed by atoms with Gasteiger partial charge in [-0.25, -0.2) is 18.7 Å². The molecule has 25 heavy (non-hydrogen) atoms. The van der Waals surface area contributed by atoms with Gasteiger partial charge in [0.25, 0.3) is 0 Å². The molecule has 1 fully saturated rings. The third-order valence-corrected chi connectivity index (χ3v) is 4.01. The van der Waals surface area contributed by atoms with Crippen molar-refractivity contribution in [2.24, 2.45) is 0 Å². The van der Waals surface area contributed by atoms with Crippen LogP contribution in [0, 0.1) is 18.6 Å². The van der Waals surface area contributed by atoms with Gasteiger partial charge in [-0.05, 0) is 36.8 Å². The van der Waals surface area contributed by atoms with Crippen LogP contribution in [0.25, 0.3) is 10.9 Å². The summed E-state index contributed by atoms with van der Waals surface area (Å²) in [7, 11) is 0. The molecule has 0 bridgehead atoms. The topological polar surface area (TPSA) is 59.1 Å². The number of rotatable bonds is 4. The minimum Gasteiger partial charge on any atom is -0.485 e. The summed E-state index contributed by atoms with van der Waals surface area (Å²) in [5.74, 6) is -0.843. The van der Waals surface area contributed by atoms with Crippen molar-refractivity contribution in [1.29, 1.82) is 0 Å². The highest BCUT2D eigenvalue weighted by Gasteiger charge is 2.20. The van der Waals surface area contributed by atoms with Crippen molar-refractivity contribution in [1.82, 2.24) is 15.3 Å². The molecule has 1 aromatic heterocycles. The van der Waals surface area contributed by atoms with Gasteiger partial charge in [-0.3, -0.25) is 0 Å². The van der Waals surface area contributed by atoms with Crippen LogP contribution in [0.5, 0.6) is 5.75 Å². The van der Waals surface area contributed by atoms with Gasteiger partial charge in [0.15, 0.2) is 11.6 Å². The van der Waals surface area contributed by atoms with Gasteiger partial charge in [0, 0.05) is 36.4 Å². The Labute approximate surface area is 143 Å². The zero-order valence-electron chi connectivity index (χ0n) is 13.5. The molecule has 0 unspecified atom stereocenters. The fourth-order valence-electron chi connectivity index (χ4n) is 2.63. The zero-order valence-corrected chi connectivity index (χ0v) is 13.5. The van der Waals surface area contributed by atoms with E-state index in [2.05, 4.69) is 20.6 Å². The van der Waals surface area contributed by atoms with Crippen LogP contribution in [0.15, 0.2) is 36.5 Å². The summed E-state index contributed by atoms with van der Waals surface area (Å²) in [6, 6.07) is 7.46.